The van der Waals surface area contributed by atoms with Crippen molar-refractivity contribution in [3.05, 3.63) is 76.9 Å². The van der Waals surface area contributed by atoms with E-state index in [2.05, 4.69) is 15.3 Å². The van der Waals surface area contributed by atoms with E-state index in [4.69, 9.17) is 0 Å². The number of thiazole rings is 1. The highest BCUT2D eigenvalue weighted by Crippen LogP contribution is 2.26. The molecule has 0 aliphatic heterocycles. The van der Waals surface area contributed by atoms with Gasteiger partial charge in [0.25, 0.3) is 0 Å². The summed E-state index contributed by atoms with van der Waals surface area (Å²) in [7, 11) is 0. The molecule has 2 aromatic heterocycles. The van der Waals surface area contributed by atoms with Crippen LogP contribution in [0.15, 0.2) is 54.0 Å². The number of carbonyl (C=O) groups excluding carboxylic acids is 1. The molecule has 28 heavy (non-hydrogen) atoms. The zero-order valence-electron chi connectivity index (χ0n) is 14.8. The minimum Gasteiger partial charge on any atom is -0.361 e. The molecule has 2 aromatic carbocycles. The molecule has 0 fully saturated rings. The first-order chi connectivity index (χ1) is 13.6. The van der Waals surface area contributed by atoms with Crippen molar-refractivity contribution in [3.63, 3.8) is 0 Å². The minimum atomic E-state index is -0.331. The van der Waals surface area contributed by atoms with Crippen LogP contribution in [0, 0.1) is 11.6 Å². The summed E-state index contributed by atoms with van der Waals surface area (Å²) >= 11 is 1.31. The maximum atomic E-state index is 13.8. The number of H-pyrrole nitrogens is 1. The summed E-state index contributed by atoms with van der Waals surface area (Å²) < 4.78 is 27.3. The van der Waals surface area contributed by atoms with Crippen molar-refractivity contribution in [1.29, 1.82) is 0 Å². The van der Waals surface area contributed by atoms with Crippen LogP contribution in [0.3, 0.4) is 0 Å². The van der Waals surface area contributed by atoms with Crippen molar-refractivity contribution >= 4 is 28.1 Å². The van der Waals surface area contributed by atoms with Gasteiger partial charge in [0.15, 0.2) is 0 Å². The molecule has 0 unspecified atom stereocenters. The molecule has 0 saturated heterocycles. The highest BCUT2D eigenvalue weighted by Gasteiger charge is 2.12. The largest absolute Gasteiger partial charge is 0.361 e. The SMILES string of the molecule is O=C(Cc1csc(-c2ccccc2F)n1)NCCc1c[nH]c2ccc(F)cc12. The number of rotatable bonds is 6. The van der Waals surface area contributed by atoms with Gasteiger partial charge in [0.05, 0.1) is 12.1 Å². The molecule has 0 radical (unpaired) electrons. The van der Waals surface area contributed by atoms with Crippen LogP contribution in [-0.4, -0.2) is 22.4 Å². The van der Waals surface area contributed by atoms with E-state index in [0.717, 1.165) is 16.5 Å². The van der Waals surface area contributed by atoms with Gasteiger partial charge in [-0.1, -0.05) is 12.1 Å². The molecule has 0 aliphatic rings. The number of nitrogens with zero attached hydrogens (tertiary/aromatic N) is 1. The molecule has 7 heteroatoms. The fourth-order valence-corrected chi connectivity index (χ4v) is 3.91. The lowest BCUT2D eigenvalue weighted by Crippen LogP contribution is -2.27. The number of benzene rings is 2. The van der Waals surface area contributed by atoms with E-state index in [1.54, 1.807) is 29.6 Å². The summed E-state index contributed by atoms with van der Waals surface area (Å²) in [6.07, 6.45) is 2.55. The molecule has 0 saturated carbocycles. The predicted molar refractivity (Wildman–Crippen MR) is 106 cm³/mol. The second-order valence-electron chi connectivity index (χ2n) is 6.40. The third-order valence-electron chi connectivity index (χ3n) is 4.44. The number of nitrogens with one attached hydrogen (secondary N) is 2. The van der Waals surface area contributed by atoms with Crippen molar-refractivity contribution in [1.82, 2.24) is 15.3 Å². The molecular weight excluding hydrogens is 380 g/mol. The quantitative estimate of drug-likeness (QED) is 0.504. The van der Waals surface area contributed by atoms with E-state index in [0.29, 0.717) is 29.2 Å². The molecule has 0 bridgehead atoms. The minimum absolute atomic E-state index is 0.132. The third kappa shape index (κ3) is 3.94. The molecule has 2 N–H and O–H groups in total. The Morgan fingerprint density at radius 2 is 2.04 bits per heavy atom. The van der Waals surface area contributed by atoms with Crippen molar-refractivity contribution in [2.45, 2.75) is 12.8 Å². The van der Waals surface area contributed by atoms with E-state index in [1.165, 1.54) is 29.5 Å². The van der Waals surface area contributed by atoms with E-state index in [-0.39, 0.29) is 24.0 Å². The number of halogens is 2. The van der Waals surface area contributed by atoms with Crippen LogP contribution in [-0.2, 0) is 17.6 Å². The summed E-state index contributed by atoms with van der Waals surface area (Å²) in [6.45, 7) is 0.437. The van der Waals surface area contributed by atoms with Crippen molar-refractivity contribution < 1.29 is 13.6 Å². The summed E-state index contributed by atoms with van der Waals surface area (Å²) in [6, 6.07) is 11.0. The Morgan fingerprint density at radius 1 is 1.18 bits per heavy atom. The van der Waals surface area contributed by atoms with Crippen LogP contribution in [0.5, 0.6) is 0 Å². The average molecular weight is 397 g/mol. The molecular formula is C21H17F2N3OS. The van der Waals surface area contributed by atoms with Gasteiger partial charge in [-0.2, -0.15) is 0 Å². The fraction of sp³-hybridized carbons (Fsp3) is 0.143. The third-order valence-corrected chi connectivity index (χ3v) is 5.37. The van der Waals surface area contributed by atoms with Crippen LogP contribution >= 0.6 is 11.3 Å². The van der Waals surface area contributed by atoms with Gasteiger partial charge >= 0.3 is 0 Å². The van der Waals surface area contributed by atoms with Crippen LogP contribution in [0.2, 0.25) is 0 Å². The zero-order chi connectivity index (χ0) is 19.5. The van der Waals surface area contributed by atoms with Gasteiger partial charge in [-0.05, 0) is 42.3 Å². The number of carbonyl (C=O) groups is 1. The molecule has 4 aromatic rings. The predicted octanol–water partition coefficient (Wildman–Crippen LogP) is 4.47. The van der Waals surface area contributed by atoms with Crippen molar-refractivity contribution in [3.8, 4) is 10.6 Å². The number of aromatic amines is 1. The first-order valence-corrected chi connectivity index (χ1v) is 9.69. The topological polar surface area (TPSA) is 57.8 Å². The monoisotopic (exact) mass is 397 g/mol. The molecule has 4 rings (SSSR count). The first kappa shape index (κ1) is 18.3. The summed E-state index contributed by atoms with van der Waals surface area (Å²) in [4.78, 5) is 19.6. The Hall–Kier alpha value is -3.06. The molecule has 142 valence electrons. The number of hydrogen-bond donors (Lipinski definition) is 2. The average Bonchev–Trinajstić information content (AvgIpc) is 3.29. The highest BCUT2D eigenvalue weighted by molar-refractivity contribution is 7.13. The summed E-state index contributed by atoms with van der Waals surface area (Å²) in [5.41, 5.74) is 2.86. The van der Waals surface area contributed by atoms with Gasteiger partial charge in [-0.3, -0.25) is 4.79 Å². The van der Waals surface area contributed by atoms with E-state index < -0.39 is 0 Å². The van der Waals surface area contributed by atoms with E-state index >= 15 is 0 Å². The zero-order valence-corrected chi connectivity index (χ0v) is 15.7. The molecule has 1 amide bonds. The van der Waals surface area contributed by atoms with Gasteiger partial charge in [-0.15, -0.1) is 11.3 Å². The Kier molecular flexibility index (Phi) is 5.16. The normalized spacial score (nSPS) is 11.1. The lowest BCUT2D eigenvalue weighted by Gasteiger charge is -2.04. The van der Waals surface area contributed by atoms with Crippen LogP contribution in [0.4, 0.5) is 8.78 Å². The van der Waals surface area contributed by atoms with Gasteiger partial charge in [0.1, 0.15) is 16.6 Å². The number of fused-ring (bicyclic) bond motifs is 1. The van der Waals surface area contributed by atoms with Crippen LogP contribution < -0.4 is 5.32 Å². The van der Waals surface area contributed by atoms with Crippen LogP contribution in [0.25, 0.3) is 21.5 Å². The van der Waals surface area contributed by atoms with Gasteiger partial charge in [0, 0.05) is 34.6 Å². The number of hydrogen-bond acceptors (Lipinski definition) is 3. The molecule has 0 atom stereocenters. The summed E-state index contributed by atoms with van der Waals surface area (Å²) in [5.74, 6) is -0.772. The van der Waals surface area contributed by atoms with E-state index in [9.17, 15) is 13.6 Å². The number of aromatic nitrogens is 2. The maximum Gasteiger partial charge on any atom is 0.226 e. The summed E-state index contributed by atoms with van der Waals surface area (Å²) in [5, 5.41) is 6.00. The second kappa shape index (κ2) is 7.90. The molecule has 2 heterocycles. The Balaban J connectivity index is 1.34. The van der Waals surface area contributed by atoms with E-state index in [1.807, 2.05) is 6.20 Å². The van der Waals surface area contributed by atoms with Gasteiger partial charge < -0.3 is 10.3 Å². The standard InChI is InChI=1S/C21H17F2N3OS/c22-14-5-6-19-17(9-14)13(11-25-19)7-8-24-20(27)10-15-12-28-21(26-15)16-3-1-2-4-18(16)23/h1-6,9,11-12,25H,7-8,10H2,(H,24,27). The molecule has 0 aliphatic carbocycles. The Morgan fingerprint density at radius 3 is 2.89 bits per heavy atom. The smallest absolute Gasteiger partial charge is 0.226 e. The second-order valence-corrected chi connectivity index (χ2v) is 7.26. The highest BCUT2D eigenvalue weighted by atomic mass is 32.1. The number of amides is 1. The van der Waals surface area contributed by atoms with Gasteiger partial charge in [-0.25, -0.2) is 13.8 Å². The lowest BCUT2D eigenvalue weighted by molar-refractivity contribution is -0.120. The fourth-order valence-electron chi connectivity index (χ4n) is 3.07. The Labute approximate surface area is 164 Å². The maximum absolute atomic E-state index is 13.8. The molecule has 0 spiro atoms. The first-order valence-electron chi connectivity index (χ1n) is 8.81. The van der Waals surface area contributed by atoms with Crippen molar-refractivity contribution in [2.24, 2.45) is 0 Å². The van der Waals surface area contributed by atoms with Gasteiger partial charge in [0.2, 0.25) is 5.91 Å². The lowest BCUT2D eigenvalue weighted by atomic mass is 10.1. The van der Waals surface area contributed by atoms with Crippen molar-refractivity contribution in [2.75, 3.05) is 6.54 Å². The molecule has 4 nitrogen and oxygen atoms in total. The Bertz CT molecular complexity index is 1140. The van der Waals surface area contributed by atoms with Crippen LogP contribution in [0.1, 0.15) is 11.3 Å².